The summed E-state index contributed by atoms with van der Waals surface area (Å²) in [5, 5.41) is 3.05. The van der Waals surface area contributed by atoms with Crippen molar-refractivity contribution in [1.29, 1.82) is 0 Å². The summed E-state index contributed by atoms with van der Waals surface area (Å²) in [6.07, 6.45) is 6.58. The predicted molar refractivity (Wildman–Crippen MR) is 106 cm³/mol. The highest BCUT2D eigenvalue weighted by Gasteiger charge is 2.35. The molecule has 1 amide bonds. The molecule has 1 saturated carbocycles. The number of sulfonamides is 1. The van der Waals surface area contributed by atoms with Crippen molar-refractivity contribution in [2.75, 3.05) is 10.8 Å². The first-order valence-electron chi connectivity index (χ1n) is 9.58. The Labute approximate surface area is 160 Å². The van der Waals surface area contributed by atoms with E-state index in [9.17, 15) is 13.2 Å². The lowest BCUT2D eigenvalue weighted by atomic mass is 10.0. The van der Waals surface area contributed by atoms with Gasteiger partial charge in [-0.15, -0.1) is 0 Å². The van der Waals surface area contributed by atoms with Gasteiger partial charge in [-0.3, -0.25) is 9.10 Å². The van der Waals surface area contributed by atoms with Gasteiger partial charge in [-0.1, -0.05) is 62.1 Å². The number of carbonyl (C=O) groups is 1. The average molecular weight is 385 g/mol. The van der Waals surface area contributed by atoms with E-state index in [1.54, 1.807) is 24.3 Å². The summed E-state index contributed by atoms with van der Waals surface area (Å²) in [5.41, 5.74) is 2.09. The number of anilines is 1. The monoisotopic (exact) mass is 384 g/mol. The predicted octanol–water partition coefficient (Wildman–Crippen LogP) is 3.70. The Morgan fingerprint density at radius 2 is 1.56 bits per heavy atom. The molecular weight excluding hydrogens is 360 g/mol. The summed E-state index contributed by atoms with van der Waals surface area (Å²) < 4.78 is 27.6. The second-order valence-corrected chi connectivity index (χ2v) is 9.11. The van der Waals surface area contributed by atoms with E-state index in [-0.39, 0.29) is 23.4 Å². The van der Waals surface area contributed by atoms with Gasteiger partial charge in [-0.2, -0.15) is 0 Å². The molecule has 5 nitrogen and oxygen atoms in total. The molecule has 1 fully saturated rings. The zero-order chi connectivity index (χ0) is 18.9. The fourth-order valence-corrected chi connectivity index (χ4v) is 5.73. The van der Waals surface area contributed by atoms with E-state index in [4.69, 9.17) is 0 Å². The number of nitrogens with zero attached hydrogens (tertiary/aromatic N) is 1. The molecule has 4 rings (SSSR count). The van der Waals surface area contributed by atoms with Gasteiger partial charge in [0.15, 0.2) is 0 Å². The number of amides is 1. The van der Waals surface area contributed by atoms with Crippen LogP contribution in [-0.2, 0) is 14.8 Å². The highest BCUT2D eigenvalue weighted by atomic mass is 32.2. The molecule has 1 heterocycles. The zero-order valence-corrected chi connectivity index (χ0v) is 16.0. The Morgan fingerprint density at radius 1 is 0.926 bits per heavy atom. The number of hydrogen-bond donors (Lipinski definition) is 1. The Kier molecular flexibility index (Phi) is 4.91. The van der Waals surface area contributed by atoms with Crippen molar-refractivity contribution >= 4 is 21.6 Å². The molecule has 1 aliphatic heterocycles. The zero-order valence-electron chi connectivity index (χ0n) is 15.2. The first-order chi connectivity index (χ1) is 13.1. The van der Waals surface area contributed by atoms with Crippen LogP contribution in [0.15, 0.2) is 53.4 Å². The van der Waals surface area contributed by atoms with Gasteiger partial charge >= 0.3 is 0 Å². The third kappa shape index (κ3) is 3.46. The topological polar surface area (TPSA) is 66.5 Å². The Balaban J connectivity index is 1.63. The lowest BCUT2D eigenvalue weighted by molar-refractivity contribution is -0.120. The number of hydrogen-bond acceptors (Lipinski definition) is 3. The number of nitrogens with one attached hydrogen (secondary N) is 1. The van der Waals surface area contributed by atoms with Gasteiger partial charge in [0.2, 0.25) is 5.91 Å². The summed E-state index contributed by atoms with van der Waals surface area (Å²) in [6.45, 7) is -0.190. The van der Waals surface area contributed by atoms with Gasteiger partial charge in [0.1, 0.15) is 6.54 Å². The molecule has 0 atom stereocenters. The first-order valence-corrected chi connectivity index (χ1v) is 11.0. The van der Waals surface area contributed by atoms with Crippen molar-refractivity contribution in [1.82, 2.24) is 5.32 Å². The van der Waals surface area contributed by atoms with Gasteiger partial charge in [-0.05, 0) is 25.0 Å². The minimum atomic E-state index is -3.77. The molecule has 142 valence electrons. The standard InChI is InChI=1S/C21H24N2O3S/c24-21(22-16-9-3-1-2-4-10-16)15-23-19-13-7-5-11-17(19)18-12-6-8-14-20(18)27(23,25)26/h5-8,11-14,16H,1-4,9-10,15H2,(H,22,24). The van der Waals surface area contributed by atoms with E-state index in [1.807, 2.05) is 24.3 Å². The van der Waals surface area contributed by atoms with Crippen LogP contribution >= 0.6 is 0 Å². The molecule has 0 bridgehead atoms. The number of rotatable bonds is 3. The molecule has 0 spiro atoms. The quantitative estimate of drug-likeness (QED) is 0.821. The van der Waals surface area contributed by atoms with Crippen LogP contribution in [0.1, 0.15) is 38.5 Å². The number of carbonyl (C=O) groups excluding carboxylic acids is 1. The normalized spacial score (nSPS) is 18.9. The SMILES string of the molecule is O=C(CN1c2ccccc2-c2ccccc2S1(=O)=O)NC1CCCCCC1. The fraction of sp³-hybridized carbons (Fsp3) is 0.381. The highest BCUT2D eigenvalue weighted by molar-refractivity contribution is 7.93. The Morgan fingerprint density at radius 3 is 2.30 bits per heavy atom. The largest absolute Gasteiger partial charge is 0.352 e. The molecule has 2 aromatic rings. The fourth-order valence-electron chi connectivity index (χ4n) is 4.08. The highest BCUT2D eigenvalue weighted by Crippen LogP contribution is 2.42. The van der Waals surface area contributed by atoms with Crippen LogP contribution in [0.3, 0.4) is 0 Å². The van der Waals surface area contributed by atoms with Crippen molar-refractivity contribution in [2.45, 2.75) is 49.5 Å². The third-order valence-corrected chi connectivity index (χ3v) is 7.24. The van der Waals surface area contributed by atoms with Crippen LogP contribution in [0, 0.1) is 0 Å². The Hall–Kier alpha value is -2.34. The molecule has 27 heavy (non-hydrogen) atoms. The summed E-state index contributed by atoms with van der Waals surface area (Å²) in [7, 11) is -3.77. The van der Waals surface area contributed by atoms with E-state index in [0.29, 0.717) is 11.3 Å². The van der Waals surface area contributed by atoms with Crippen molar-refractivity contribution in [3.8, 4) is 11.1 Å². The third-order valence-electron chi connectivity index (χ3n) is 5.43. The van der Waals surface area contributed by atoms with Gasteiger partial charge < -0.3 is 5.32 Å². The van der Waals surface area contributed by atoms with E-state index < -0.39 is 10.0 Å². The van der Waals surface area contributed by atoms with Crippen molar-refractivity contribution in [3.05, 3.63) is 48.5 Å². The van der Waals surface area contributed by atoms with E-state index in [1.165, 1.54) is 17.1 Å². The molecule has 0 unspecified atom stereocenters. The van der Waals surface area contributed by atoms with Gasteiger partial charge in [0, 0.05) is 17.2 Å². The van der Waals surface area contributed by atoms with Crippen LogP contribution in [0.2, 0.25) is 0 Å². The minimum Gasteiger partial charge on any atom is -0.352 e. The Bertz CT molecular complexity index is 947. The molecule has 1 N–H and O–H groups in total. The molecule has 0 saturated heterocycles. The lowest BCUT2D eigenvalue weighted by Crippen LogP contribution is -2.45. The number of para-hydroxylation sites is 1. The van der Waals surface area contributed by atoms with Crippen molar-refractivity contribution in [2.24, 2.45) is 0 Å². The molecule has 0 aromatic heterocycles. The maximum absolute atomic E-state index is 13.2. The van der Waals surface area contributed by atoms with Gasteiger partial charge in [0.25, 0.3) is 10.0 Å². The molecule has 0 radical (unpaired) electrons. The van der Waals surface area contributed by atoms with Crippen LogP contribution in [-0.4, -0.2) is 26.9 Å². The van der Waals surface area contributed by atoms with Crippen LogP contribution < -0.4 is 9.62 Å². The average Bonchev–Trinajstić information content (AvgIpc) is 2.94. The van der Waals surface area contributed by atoms with Crippen LogP contribution in [0.25, 0.3) is 11.1 Å². The molecule has 2 aliphatic rings. The van der Waals surface area contributed by atoms with E-state index >= 15 is 0 Å². The number of fused-ring (bicyclic) bond motifs is 3. The van der Waals surface area contributed by atoms with Gasteiger partial charge in [0.05, 0.1) is 10.6 Å². The van der Waals surface area contributed by atoms with Crippen LogP contribution in [0.5, 0.6) is 0 Å². The smallest absolute Gasteiger partial charge is 0.265 e. The molecular formula is C21H24N2O3S. The number of benzene rings is 2. The second kappa shape index (κ2) is 7.35. The first kappa shape index (κ1) is 18.0. The molecule has 6 heteroatoms. The van der Waals surface area contributed by atoms with Crippen LogP contribution in [0.4, 0.5) is 5.69 Å². The maximum Gasteiger partial charge on any atom is 0.265 e. The minimum absolute atomic E-state index is 0.148. The molecule has 1 aliphatic carbocycles. The summed E-state index contributed by atoms with van der Waals surface area (Å²) in [4.78, 5) is 12.9. The van der Waals surface area contributed by atoms with Gasteiger partial charge in [-0.25, -0.2) is 8.42 Å². The van der Waals surface area contributed by atoms with Crippen molar-refractivity contribution in [3.63, 3.8) is 0 Å². The summed E-state index contributed by atoms with van der Waals surface area (Å²) in [5.74, 6) is -0.236. The molecule has 2 aromatic carbocycles. The maximum atomic E-state index is 13.2. The van der Waals surface area contributed by atoms with E-state index in [0.717, 1.165) is 31.2 Å². The van der Waals surface area contributed by atoms with Crippen molar-refractivity contribution < 1.29 is 13.2 Å². The lowest BCUT2D eigenvalue weighted by Gasteiger charge is -2.32. The summed E-state index contributed by atoms with van der Waals surface area (Å²) >= 11 is 0. The second-order valence-electron chi connectivity index (χ2n) is 7.28. The van der Waals surface area contributed by atoms with E-state index in [2.05, 4.69) is 5.32 Å². The summed E-state index contributed by atoms with van der Waals surface area (Å²) in [6, 6.07) is 14.5.